The van der Waals surface area contributed by atoms with Gasteiger partial charge in [0.1, 0.15) is 5.69 Å². The number of hydrazine groups is 1. The second-order valence-electron chi connectivity index (χ2n) is 3.66. The topological polar surface area (TPSA) is 76.7 Å². The van der Waals surface area contributed by atoms with Gasteiger partial charge >= 0.3 is 0 Å². The molecule has 0 amide bonds. The first-order valence-electron chi connectivity index (χ1n) is 5.05. The zero-order valence-electron chi connectivity index (χ0n) is 9.53. The summed E-state index contributed by atoms with van der Waals surface area (Å²) in [7, 11) is 0. The maximum atomic E-state index is 13.5. The molecular weight excluding hydrogens is 221 g/mol. The van der Waals surface area contributed by atoms with Crippen molar-refractivity contribution in [2.24, 2.45) is 5.84 Å². The quantitative estimate of drug-likeness (QED) is 0.608. The Morgan fingerprint density at radius 2 is 2.06 bits per heavy atom. The lowest BCUT2D eigenvalue weighted by Crippen LogP contribution is -2.13. The highest BCUT2D eigenvalue weighted by atomic mass is 19.1. The Kier molecular flexibility index (Phi) is 2.97. The van der Waals surface area contributed by atoms with Crippen molar-refractivity contribution in [1.29, 1.82) is 0 Å². The van der Waals surface area contributed by atoms with Gasteiger partial charge in [-0.3, -0.25) is 4.98 Å². The van der Waals surface area contributed by atoms with E-state index in [1.54, 1.807) is 13.1 Å². The van der Waals surface area contributed by atoms with Crippen LogP contribution >= 0.6 is 0 Å². The van der Waals surface area contributed by atoms with Crippen molar-refractivity contribution < 1.29 is 4.39 Å². The van der Waals surface area contributed by atoms with Crippen LogP contribution in [0.4, 0.5) is 10.2 Å². The third-order valence-corrected chi connectivity index (χ3v) is 2.30. The smallest absolute Gasteiger partial charge is 0.187 e. The van der Waals surface area contributed by atoms with E-state index in [4.69, 9.17) is 5.84 Å². The van der Waals surface area contributed by atoms with E-state index in [2.05, 4.69) is 20.4 Å². The second kappa shape index (κ2) is 4.42. The number of anilines is 1. The van der Waals surface area contributed by atoms with Crippen LogP contribution in [0, 0.1) is 19.7 Å². The van der Waals surface area contributed by atoms with Crippen molar-refractivity contribution in [1.82, 2.24) is 15.0 Å². The van der Waals surface area contributed by atoms with E-state index in [-0.39, 0.29) is 11.5 Å². The molecule has 0 aromatic carbocycles. The van der Waals surface area contributed by atoms with Crippen molar-refractivity contribution in [2.75, 3.05) is 5.43 Å². The second-order valence-corrected chi connectivity index (χ2v) is 3.66. The van der Waals surface area contributed by atoms with E-state index in [0.29, 0.717) is 11.5 Å². The van der Waals surface area contributed by atoms with E-state index in [9.17, 15) is 4.39 Å². The summed E-state index contributed by atoms with van der Waals surface area (Å²) in [6, 6.07) is 3.69. The zero-order chi connectivity index (χ0) is 12.4. The fraction of sp³-hybridized carbons (Fsp3) is 0.182. The van der Waals surface area contributed by atoms with E-state index < -0.39 is 5.82 Å². The fourth-order valence-electron chi connectivity index (χ4n) is 1.43. The van der Waals surface area contributed by atoms with Crippen LogP contribution < -0.4 is 11.3 Å². The molecule has 17 heavy (non-hydrogen) atoms. The molecule has 0 saturated carbocycles. The maximum Gasteiger partial charge on any atom is 0.187 e. The SMILES string of the molecule is Cc1ccnc(-c2nc(C)c(F)c(NN)n2)c1. The Hall–Kier alpha value is -2.08. The predicted octanol–water partition coefficient (Wildman–Crippen LogP) is 1.58. The number of aryl methyl sites for hydroxylation is 2. The molecule has 2 aromatic heterocycles. The zero-order valence-corrected chi connectivity index (χ0v) is 9.53. The van der Waals surface area contributed by atoms with Crippen molar-refractivity contribution in [3.8, 4) is 11.5 Å². The first-order valence-corrected chi connectivity index (χ1v) is 5.05. The van der Waals surface area contributed by atoms with Gasteiger partial charge in [0.25, 0.3) is 0 Å². The number of hydrogen-bond acceptors (Lipinski definition) is 5. The third kappa shape index (κ3) is 2.21. The molecule has 0 spiro atoms. The Labute approximate surface area is 97.9 Å². The molecule has 0 saturated heterocycles. The van der Waals surface area contributed by atoms with Crippen LogP contribution in [-0.4, -0.2) is 15.0 Å². The van der Waals surface area contributed by atoms with Crippen molar-refractivity contribution in [3.05, 3.63) is 35.4 Å². The average Bonchev–Trinajstić information content (AvgIpc) is 2.32. The van der Waals surface area contributed by atoms with E-state index in [1.165, 1.54) is 0 Å². The van der Waals surface area contributed by atoms with Gasteiger partial charge in [0.2, 0.25) is 0 Å². The molecule has 2 heterocycles. The highest BCUT2D eigenvalue weighted by molar-refractivity contribution is 5.54. The summed E-state index contributed by atoms with van der Waals surface area (Å²) < 4.78 is 13.5. The van der Waals surface area contributed by atoms with Gasteiger partial charge in [-0.25, -0.2) is 20.2 Å². The molecule has 0 unspecified atom stereocenters. The summed E-state index contributed by atoms with van der Waals surface area (Å²) in [5.41, 5.74) is 4.05. The van der Waals surface area contributed by atoms with Crippen LogP contribution in [0.1, 0.15) is 11.3 Å². The Balaban J connectivity index is 2.56. The van der Waals surface area contributed by atoms with Gasteiger partial charge in [-0.15, -0.1) is 0 Å². The minimum Gasteiger partial charge on any atom is -0.306 e. The van der Waals surface area contributed by atoms with E-state index in [0.717, 1.165) is 5.56 Å². The number of nitrogen functional groups attached to an aromatic ring is 1. The number of nitrogens with zero attached hydrogens (tertiary/aromatic N) is 3. The van der Waals surface area contributed by atoms with Gasteiger partial charge < -0.3 is 5.43 Å². The number of nitrogens with one attached hydrogen (secondary N) is 1. The normalized spacial score (nSPS) is 10.4. The molecule has 0 aliphatic heterocycles. The first-order chi connectivity index (χ1) is 8.11. The number of aromatic nitrogens is 3. The molecule has 2 rings (SSSR count). The molecule has 2 aromatic rings. The minimum atomic E-state index is -0.552. The Bertz CT molecular complexity index is 556. The van der Waals surface area contributed by atoms with Crippen molar-refractivity contribution in [2.45, 2.75) is 13.8 Å². The van der Waals surface area contributed by atoms with Crippen LogP contribution in [0.2, 0.25) is 0 Å². The van der Waals surface area contributed by atoms with Crippen LogP contribution in [0.15, 0.2) is 18.3 Å². The van der Waals surface area contributed by atoms with Crippen LogP contribution in [0.3, 0.4) is 0 Å². The lowest BCUT2D eigenvalue weighted by molar-refractivity contribution is 0.606. The first kappa shape index (κ1) is 11.4. The van der Waals surface area contributed by atoms with Crippen molar-refractivity contribution in [3.63, 3.8) is 0 Å². The van der Waals surface area contributed by atoms with Gasteiger partial charge in [0, 0.05) is 6.20 Å². The number of nitrogens with two attached hydrogens (primary N) is 1. The molecule has 0 aliphatic carbocycles. The maximum absolute atomic E-state index is 13.5. The van der Waals surface area contributed by atoms with Gasteiger partial charge in [0.15, 0.2) is 17.5 Å². The number of rotatable bonds is 2. The molecule has 0 bridgehead atoms. The molecule has 0 fully saturated rings. The number of halogens is 1. The van der Waals surface area contributed by atoms with Gasteiger partial charge in [-0.2, -0.15) is 0 Å². The molecular formula is C11H12FN5. The predicted molar refractivity (Wildman–Crippen MR) is 62.5 cm³/mol. The monoisotopic (exact) mass is 233 g/mol. The number of hydrogen-bond donors (Lipinski definition) is 2. The molecule has 0 aliphatic rings. The van der Waals surface area contributed by atoms with Crippen LogP contribution in [-0.2, 0) is 0 Å². The Morgan fingerprint density at radius 1 is 1.29 bits per heavy atom. The number of pyridine rings is 1. The highest BCUT2D eigenvalue weighted by Gasteiger charge is 2.12. The molecule has 0 atom stereocenters. The van der Waals surface area contributed by atoms with Gasteiger partial charge in [0.05, 0.1) is 5.69 Å². The molecule has 5 nitrogen and oxygen atoms in total. The Morgan fingerprint density at radius 3 is 2.71 bits per heavy atom. The summed E-state index contributed by atoms with van der Waals surface area (Å²) in [6.07, 6.45) is 1.66. The molecule has 88 valence electrons. The lowest BCUT2D eigenvalue weighted by Gasteiger charge is -2.06. The van der Waals surface area contributed by atoms with E-state index >= 15 is 0 Å². The summed E-state index contributed by atoms with van der Waals surface area (Å²) in [5.74, 6) is 4.96. The van der Waals surface area contributed by atoms with Crippen molar-refractivity contribution >= 4 is 5.82 Å². The molecule has 3 N–H and O–H groups in total. The van der Waals surface area contributed by atoms with Gasteiger partial charge in [-0.05, 0) is 31.5 Å². The molecule has 0 radical (unpaired) electrons. The van der Waals surface area contributed by atoms with Crippen LogP contribution in [0.25, 0.3) is 11.5 Å². The van der Waals surface area contributed by atoms with Crippen LogP contribution in [0.5, 0.6) is 0 Å². The summed E-state index contributed by atoms with van der Waals surface area (Å²) in [5, 5.41) is 0. The minimum absolute atomic E-state index is 0.0317. The lowest BCUT2D eigenvalue weighted by atomic mass is 10.2. The standard InChI is InChI=1S/C11H12FN5/c1-6-3-4-14-8(5-6)10-15-7(2)9(12)11(16-10)17-13/h3-5H,13H2,1-2H3,(H,15,16,17). The summed E-state index contributed by atoms with van der Waals surface area (Å²) in [6.45, 7) is 3.49. The highest BCUT2D eigenvalue weighted by Crippen LogP contribution is 2.19. The van der Waals surface area contributed by atoms with Gasteiger partial charge in [-0.1, -0.05) is 0 Å². The fourth-order valence-corrected chi connectivity index (χ4v) is 1.43. The average molecular weight is 233 g/mol. The third-order valence-electron chi connectivity index (χ3n) is 2.30. The largest absolute Gasteiger partial charge is 0.306 e. The molecule has 6 heteroatoms. The van der Waals surface area contributed by atoms with E-state index in [1.807, 2.05) is 19.1 Å². The summed E-state index contributed by atoms with van der Waals surface area (Å²) >= 11 is 0. The summed E-state index contributed by atoms with van der Waals surface area (Å²) in [4.78, 5) is 12.2.